The molecule has 196 valence electrons. The van der Waals surface area contributed by atoms with Gasteiger partial charge in [0.25, 0.3) is 15.9 Å². The number of nitrogens with one attached hydrogen (secondary N) is 1. The van der Waals surface area contributed by atoms with Crippen LogP contribution in [-0.4, -0.2) is 47.4 Å². The Balaban J connectivity index is 1.80. The van der Waals surface area contributed by atoms with Gasteiger partial charge in [-0.1, -0.05) is 17.7 Å². The van der Waals surface area contributed by atoms with Crippen LogP contribution in [0.25, 0.3) is 0 Å². The number of hydrogen-bond acceptors (Lipinski definition) is 7. The molecular formula is C26H28ClN3O6S. The fourth-order valence-electron chi connectivity index (χ4n) is 3.31. The normalized spacial score (nSPS) is 11.2. The lowest BCUT2D eigenvalue weighted by atomic mass is 10.2. The summed E-state index contributed by atoms with van der Waals surface area (Å²) in [5, 5.41) is 4.30. The first-order valence-electron chi connectivity index (χ1n) is 11.4. The number of methoxy groups -OCH3 is 1. The number of halogens is 1. The van der Waals surface area contributed by atoms with Gasteiger partial charge >= 0.3 is 0 Å². The number of anilines is 1. The Kier molecular flexibility index (Phi) is 9.76. The number of carbonyl (C=O) groups excluding carboxylic acids is 1. The van der Waals surface area contributed by atoms with E-state index in [-0.39, 0.29) is 10.6 Å². The maximum Gasteiger partial charge on any atom is 0.264 e. The molecule has 1 amide bonds. The van der Waals surface area contributed by atoms with Crippen LogP contribution >= 0.6 is 11.6 Å². The molecule has 0 aliphatic rings. The van der Waals surface area contributed by atoms with Gasteiger partial charge in [-0.15, -0.1) is 0 Å². The molecule has 0 fully saturated rings. The van der Waals surface area contributed by atoms with Crippen LogP contribution in [-0.2, 0) is 14.8 Å². The number of ether oxygens (including phenoxy) is 3. The van der Waals surface area contributed by atoms with Crippen molar-refractivity contribution in [3.05, 3.63) is 77.3 Å². The van der Waals surface area contributed by atoms with Gasteiger partial charge in [0, 0.05) is 5.02 Å². The van der Waals surface area contributed by atoms with Crippen LogP contribution in [0.1, 0.15) is 19.4 Å². The number of hydrazone groups is 1. The quantitative estimate of drug-likeness (QED) is 0.265. The van der Waals surface area contributed by atoms with E-state index in [9.17, 15) is 13.2 Å². The van der Waals surface area contributed by atoms with Crippen LogP contribution < -0.4 is 23.9 Å². The number of rotatable bonds is 12. The molecule has 3 rings (SSSR count). The van der Waals surface area contributed by atoms with Gasteiger partial charge < -0.3 is 14.2 Å². The maximum absolute atomic E-state index is 13.5. The maximum atomic E-state index is 13.5. The lowest BCUT2D eigenvalue weighted by Crippen LogP contribution is -2.39. The molecule has 11 heteroatoms. The largest absolute Gasteiger partial charge is 0.497 e. The van der Waals surface area contributed by atoms with Crippen LogP contribution in [0.3, 0.4) is 0 Å². The van der Waals surface area contributed by atoms with Crippen molar-refractivity contribution in [1.82, 2.24) is 5.43 Å². The van der Waals surface area contributed by atoms with Gasteiger partial charge in [-0.05, 0) is 80.1 Å². The van der Waals surface area contributed by atoms with E-state index >= 15 is 0 Å². The van der Waals surface area contributed by atoms with Gasteiger partial charge in [0.05, 0.1) is 37.1 Å². The first-order chi connectivity index (χ1) is 17.8. The van der Waals surface area contributed by atoms with Gasteiger partial charge in [-0.25, -0.2) is 13.8 Å². The number of amides is 1. The minimum atomic E-state index is -4.11. The highest BCUT2D eigenvalue weighted by Crippen LogP contribution is 2.28. The van der Waals surface area contributed by atoms with Crippen LogP contribution in [0.2, 0.25) is 5.02 Å². The van der Waals surface area contributed by atoms with E-state index in [1.165, 1.54) is 43.7 Å². The fourth-order valence-corrected chi connectivity index (χ4v) is 4.91. The standard InChI is InChI=1S/C26H28ClN3O6S/c1-4-35-24-14-9-19(15-25(24)36-5-2)17-28-29-26(31)18-30(21-8-6-7-20(27)16-21)37(32,33)23-12-10-22(34-3)11-13-23/h6-17H,4-5,18H2,1-3H3,(H,29,31)/b28-17-. The Morgan fingerprint density at radius 2 is 1.70 bits per heavy atom. The van der Waals surface area contributed by atoms with E-state index in [0.717, 1.165) is 4.31 Å². The van der Waals surface area contributed by atoms with Gasteiger partial charge in [0.2, 0.25) is 0 Å². The van der Waals surface area contributed by atoms with Crippen molar-refractivity contribution in [3.63, 3.8) is 0 Å². The predicted octanol–water partition coefficient (Wildman–Crippen LogP) is 4.49. The van der Waals surface area contributed by atoms with Crippen molar-refractivity contribution in [2.24, 2.45) is 5.10 Å². The summed E-state index contributed by atoms with van der Waals surface area (Å²) in [6, 6.07) is 17.3. The van der Waals surface area contributed by atoms with Crippen molar-refractivity contribution in [2.45, 2.75) is 18.7 Å². The summed E-state index contributed by atoms with van der Waals surface area (Å²) in [4.78, 5) is 12.7. The number of carbonyl (C=O) groups is 1. The van der Waals surface area contributed by atoms with Crippen molar-refractivity contribution in [2.75, 3.05) is 31.2 Å². The summed E-state index contributed by atoms with van der Waals surface area (Å²) >= 11 is 6.10. The van der Waals surface area contributed by atoms with Crippen molar-refractivity contribution >= 4 is 39.4 Å². The number of nitrogens with zero attached hydrogens (tertiary/aromatic N) is 2. The van der Waals surface area contributed by atoms with Crippen LogP contribution in [0.4, 0.5) is 5.69 Å². The summed E-state index contributed by atoms with van der Waals surface area (Å²) in [7, 11) is -2.63. The van der Waals surface area contributed by atoms with Gasteiger partial charge in [0.1, 0.15) is 12.3 Å². The molecule has 37 heavy (non-hydrogen) atoms. The van der Waals surface area contributed by atoms with Crippen molar-refractivity contribution < 1.29 is 27.4 Å². The topological polar surface area (TPSA) is 107 Å². The predicted molar refractivity (Wildman–Crippen MR) is 143 cm³/mol. The number of benzene rings is 3. The number of hydrogen-bond donors (Lipinski definition) is 1. The Labute approximate surface area is 221 Å². The van der Waals surface area contributed by atoms with Gasteiger partial charge in [0.15, 0.2) is 11.5 Å². The van der Waals surface area contributed by atoms with E-state index < -0.39 is 22.5 Å². The molecular weight excluding hydrogens is 518 g/mol. The lowest BCUT2D eigenvalue weighted by Gasteiger charge is -2.24. The molecule has 0 heterocycles. The Morgan fingerprint density at radius 1 is 1.00 bits per heavy atom. The molecule has 0 aromatic heterocycles. The zero-order valence-corrected chi connectivity index (χ0v) is 22.3. The SMILES string of the molecule is CCOc1ccc(/C=N\NC(=O)CN(c2cccc(Cl)c2)S(=O)(=O)c2ccc(OC)cc2)cc1OCC. The van der Waals surface area contributed by atoms with E-state index in [1.807, 2.05) is 13.8 Å². The summed E-state index contributed by atoms with van der Waals surface area (Å²) in [6.07, 6.45) is 1.43. The highest BCUT2D eigenvalue weighted by molar-refractivity contribution is 7.92. The second-order valence-corrected chi connectivity index (χ2v) is 9.83. The Morgan fingerprint density at radius 3 is 2.35 bits per heavy atom. The summed E-state index contributed by atoms with van der Waals surface area (Å²) in [5.74, 6) is 1.01. The highest BCUT2D eigenvalue weighted by Gasteiger charge is 2.27. The molecule has 1 N–H and O–H groups in total. The molecule has 0 atom stereocenters. The first-order valence-corrected chi connectivity index (χ1v) is 13.2. The van der Waals surface area contributed by atoms with E-state index in [0.29, 0.717) is 41.0 Å². The molecule has 3 aromatic rings. The third-order valence-corrected chi connectivity index (χ3v) is 7.02. The molecule has 0 radical (unpaired) electrons. The first kappa shape index (κ1) is 27.8. The van der Waals surface area contributed by atoms with Crippen LogP contribution in [0.5, 0.6) is 17.2 Å². The number of sulfonamides is 1. The fraction of sp³-hybridized carbons (Fsp3) is 0.231. The Bertz CT molecular complexity index is 1350. The van der Waals surface area contributed by atoms with Crippen LogP contribution in [0, 0.1) is 0 Å². The van der Waals surface area contributed by atoms with E-state index in [4.69, 9.17) is 25.8 Å². The van der Waals surface area contributed by atoms with Gasteiger partial charge in [-0.3, -0.25) is 9.10 Å². The Hall–Kier alpha value is -3.76. The van der Waals surface area contributed by atoms with Crippen LogP contribution in [0.15, 0.2) is 76.7 Å². The van der Waals surface area contributed by atoms with E-state index in [2.05, 4.69) is 10.5 Å². The average Bonchev–Trinajstić information content (AvgIpc) is 2.89. The molecule has 0 spiro atoms. The third-order valence-electron chi connectivity index (χ3n) is 5.00. The zero-order valence-electron chi connectivity index (χ0n) is 20.7. The molecule has 0 bridgehead atoms. The van der Waals surface area contributed by atoms with E-state index in [1.54, 1.807) is 36.4 Å². The molecule has 0 saturated heterocycles. The summed E-state index contributed by atoms with van der Waals surface area (Å²) in [6.45, 7) is 4.16. The van der Waals surface area contributed by atoms with Gasteiger partial charge in [-0.2, -0.15) is 5.10 Å². The molecule has 0 unspecified atom stereocenters. The smallest absolute Gasteiger partial charge is 0.264 e. The second kappa shape index (κ2) is 13.0. The molecule has 3 aromatic carbocycles. The minimum absolute atomic E-state index is 0.0116. The lowest BCUT2D eigenvalue weighted by molar-refractivity contribution is -0.119. The zero-order chi connectivity index (χ0) is 26.8. The van der Waals surface area contributed by atoms with Crippen molar-refractivity contribution in [3.8, 4) is 17.2 Å². The highest BCUT2D eigenvalue weighted by atomic mass is 35.5. The average molecular weight is 546 g/mol. The monoisotopic (exact) mass is 545 g/mol. The minimum Gasteiger partial charge on any atom is -0.497 e. The molecule has 0 saturated carbocycles. The third kappa shape index (κ3) is 7.37. The summed E-state index contributed by atoms with van der Waals surface area (Å²) < 4.78 is 44.1. The molecule has 0 aliphatic carbocycles. The molecule has 0 aliphatic heterocycles. The molecule has 9 nitrogen and oxygen atoms in total. The van der Waals surface area contributed by atoms with Crippen molar-refractivity contribution in [1.29, 1.82) is 0 Å². The summed E-state index contributed by atoms with van der Waals surface area (Å²) in [5.41, 5.74) is 3.27. The second-order valence-electron chi connectivity index (χ2n) is 7.53.